The molecule has 1 aromatic rings. The molecule has 0 unspecified atom stereocenters. The SMILES string of the molecule is CC(=O)OCCc1ccc(C(F)(F)F)cc1.CS(=O)(=O)O. The van der Waals surface area contributed by atoms with Gasteiger partial charge in [0.25, 0.3) is 10.1 Å². The first kappa shape index (κ1) is 19.4. The van der Waals surface area contributed by atoms with Crippen LogP contribution in [0.2, 0.25) is 0 Å². The minimum atomic E-state index is -4.31. The molecule has 0 aromatic heterocycles. The fourth-order valence-electron chi connectivity index (χ4n) is 1.17. The summed E-state index contributed by atoms with van der Waals surface area (Å²) < 4.78 is 67.2. The molecule has 0 aliphatic heterocycles. The first-order chi connectivity index (χ1) is 9.39. The van der Waals surface area contributed by atoms with Gasteiger partial charge in [-0.3, -0.25) is 9.35 Å². The maximum Gasteiger partial charge on any atom is 0.416 e. The summed E-state index contributed by atoms with van der Waals surface area (Å²) in [5, 5.41) is 0. The van der Waals surface area contributed by atoms with Gasteiger partial charge < -0.3 is 4.74 Å². The highest BCUT2D eigenvalue weighted by atomic mass is 32.2. The molecule has 0 spiro atoms. The number of hydrogen-bond acceptors (Lipinski definition) is 4. The van der Waals surface area contributed by atoms with Crippen LogP contribution >= 0.6 is 0 Å². The van der Waals surface area contributed by atoms with Gasteiger partial charge in [-0.2, -0.15) is 21.6 Å². The van der Waals surface area contributed by atoms with Gasteiger partial charge in [-0.1, -0.05) is 12.1 Å². The van der Waals surface area contributed by atoms with E-state index in [0.29, 0.717) is 18.2 Å². The second-order valence-electron chi connectivity index (χ2n) is 4.02. The number of carbonyl (C=O) groups is 1. The molecule has 0 aliphatic rings. The van der Waals surface area contributed by atoms with Crippen molar-refractivity contribution in [2.24, 2.45) is 0 Å². The van der Waals surface area contributed by atoms with Crippen LogP contribution in [0.25, 0.3) is 0 Å². The number of hydrogen-bond donors (Lipinski definition) is 1. The number of alkyl halides is 3. The Balaban J connectivity index is 0.000000690. The van der Waals surface area contributed by atoms with Crippen LogP contribution in [0.5, 0.6) is 0 Å². The van der Waals surface area contributed by atoms with Gasteiger partial charge in [0.15, 0.2) is 0 Å². The van der Waals surface area contributed by atoms with Crippen LogP contribution in [0.3, 0.4) is 0 Å². The zero-order chi connectivity index (χ0) is 16.7. The van der Waals surface area contributed by atoms with Crippen LogP contribution in [0, 0.1) is 0 Å². The second kappa shape index (κ2) is 7.99. The van der Waals surface area contributed by atoms with Crippen molar-refractivity contribution >= 4 is 16.1 Å². The number of carbonyl (C=O) groups excluding carboxylic acids is 1. The van der Waals surface area contributed by atoms with E-state index in [9.17, 15) is 26.4 Å². The van der Waals surface area contributed by atoms with Crippen molar-refractivity contribution in [3.8, 4) is 0 Å². The van der Waals surface area contributed by atoms with E-state index >= 15 is 0 Å². The highest BCUT2D eigenvalue weighted by Gasteiger charge is 2.29. The molecule has 0 heterocycles. The predicted molar refractivity (Wildman–Crippen MR) is 69.3 cm³/mol. The Kier molecular flexibility index (Phi) is 7.37. The summed E-state index contributed by atoms with van der Waals surface area (Å²) in [6, 6.07) is 4.80. The average Bonchev–Trinajstić information content (AvgIpc) is 2.25. The highest BCUT2D eigenvalue weighted by Crippen LogP contribution is 2.29. The molecule has 0 saturated heterocycles. The Labute approximate surface area is 120 Å². The van der Waals surface area contributed by atoms with E-state index in [1.165, 1.54) is 19.1 Å². The lowest BCUT2D eigenvalue weighted by Gasteiger charge is -2.07. The summed E-state index contributed by atoms with van der Waals surface area (Å²) >= 11 is 0. The fraction of sp³-hybridized carbons (Fsp3) is 0.417. The predicted octanol–water partition coefficient (Wildman–Crippen LogP) is 2.31. The Hall–Kier alpha value is -1.61. The van der Waals surface area contributed by atoms with Gasteiger partial charge in [0.05, 0.1) is 18.4 Å². The molecule has 0 saturated carbocycles. The third-order valence-electron chi connectivity index (χ3n) is 1.98. The minimum absolute atomic E-state index is 0.181. The third kappa shape index (κ3) is 11.9. The van der Waals surface area contributed by atoms with Gasteiger partial charge in [-0.05, 0) is 17.7 Å². The summed E-state index contributed by atoms with van der Waals surface area (Å²) in [6.07, 6.45) is -3.18. The topological polar surface area (TPSA) is 80.7 Å². The Morgan fingerprint density at radius 1 is 1.24 bits per heavy atom. The largest absolute Gasteiger partial charge is 0.466 e. The van der Waals surface area contributed by atoms with E-state index in [4.69, 9.17) is 4.55 Å². The smallest absolute Gasteiger partial charge is 0.416 e. The average molecular weight is 328 g/mol. The van der Waals surface area contributed by atoms with Gasteiger partial charge in [0, 0.05) is 13.3 Å². The summed E-state index contributed by atoms with van der Waals surface area (Å²) in [4.78, 5) is 10.4. The highest BCUT2D eigenvalue weighted by molar-refractivity contribution is 7.85. The lowest BCUT2D eigenvalue weighted by molar-refractivity contribution is -0.140. The van der Waals surface area contributed by atoms with Gasteiger partial charge in [0.2, 0.25) is 0 Å². The first-order valence-corrected chi connectivity index (χ1v) is 7.46. The molecule has 1 rings (SSSR count). The number of rotatable bonds is 3. The fourth-order valence-corrected chi connectivity index (χ4v) is 1.17. The quantitative estimate of drug-likeness (QED) is 0.680. The first-order valence-electron chi connectivity index (χ1n) is 5.61. The van der Waals surface area contributed by atoms with Crippen LogP contribution in [0.4, 0.5) is 13.2 Å². The second-order valence-corrected chi connectivity index (χ2v) is 5.48. The number of esters is 1. The van der Waals surface area contributed by atoms with E-state index < -0.39 is 27.8 Å². The normalized spacial score (nSPS) is 11.3. The minimum Gasteiger partial charge on any atom is -0.466 e. The van der Waals surface area contributed by atoms with Crippen molar-refractivity contribution in [2.45, 2.75) is 19.5 Å². The molecule has 0 aliphatic carbocycles. The van der Waals surface area contributed by atoms with Crippen molar-refractivity contribution in [1.82, 2.24) is 0 Å². The Bertz CT molecular complexity index is 541. The molecule has 0 bridgehead atoms. The van der Waals surface area contributed by atoms with Crippen molar-refractivity contribution in [3.05, 3.63) is 35.4 Å². The summed E-state index contributed by atoms with van der Waals surface area (Å²) in [6.45, 7) is 1.47. The number of halogens is 3. The van der Waals surface area contributed by atoms with E-state index in [1.54, 1.807) is 0 Å². The monoisotopic (exact) mass is 328 g/mol. The van der Waals surface area contributed by atoms with Crippen LogP contribution in [-0.4, -0.2) is 31.8 Å². The zero-order valence-electron chi connectivity index (χ0n) is 11.3. The molecule has 0 atom stereocenters. The van der Waals surface area contributed by atoms with E-state index in [2.05, 4.69) is 4.74 Å². The van der Waals surface area contributed by atoms with Crippen LogP contribution in [-0.2, 0) is 32.2 Å². The molecule has 1 aromatic carbocycles. The van der Waals surface area contributed by atoms with E-state index in [-0.39, 0.29) is 6.61 Å². The van der Waals surface area contributed by atoms with Crippen LogP contribution in [0.15, 0.2) is 24.3 Å². The molecule has 21 heavy (non-hydrogen) atoms. The molecule has 0 radical (unpaired) electrons. The van der Waals surface area contributed by atoms with Crippen molar-refractivity contribution in [2.75, 3.05) is 12.9 Å². The molecule has 1 N–H and O–H groups in total. The maximum absolute atomic E-state index is 12.2. The van der Waals surface area contributed by atoms with Crippen LogP contribution < -0.4 is 0 Å². The van der Waals surface area contributed by atoms with Gasteiger partial charge in [-0.15, -0.1) is 0 Å². The zero-order valence-corrected chi connectivity index (χ0v) is 12.2. The molecule has 120 valence electrons. The van der Waals surface area contributed by atoms with Crippen molar-refractivity contribution < 1.29 is 35.7 Å². The van der Waals surface area contributed by atoms with Crippen molar-refractivity contribution in [1.29, 1.82) is 0 Å². The van der Waals surface area contributed by atoms with Gasteiger partial charge in [-0.25, -0.2) is 0 Å². The third-order valence-corrected chi connectivity index (χ3v) is 1.98. The van der Waals surface area contributed by atoms with Gasteiger partial charge >= 0.3 is 12.1 Å². The molecule has 5 nitrogen and oxygen atoms in total. The molecular formula is C12H15F3O5S. The standard InChI is InChI=1S/C11H11F3O2.CH4O3S/c1-8(15)16-7-6-9-2-4-10(5-3-9)11(12,13)14;1-5(2,3)4/h2-5H,6-7H2,1H3;1H3,(H,2,3,4). The molecule has 9 heteroatoms. The Morgan fingerprint density at radius 2 is 1.67 bits per heavy atom. The lowest BCUT2D eigenvalue weighted by atomic mass is 10.1. The number of benzene rings is 1. The lowest BCUT2D eigenvalue weighted by Crippen LogP contribution is -2.06. The summed E-state index contributed by atoms with van der Waals surface area (Å²) in [5.41, 5.74) is 0.0259. The van der Waals surface area contributed by atoms with Crippen molar-refractivity contribution in [3.63, 3.8) is 0 Å². The van der Waals surface area contributed by atoms with Gasteiger partial charge in [0.1, 0.15) is 0 Å². The van der Waals surface area contributed by atoms with E-state index in [1.807, 2.05) is 0 Å². The maximum atomic E-state index is 12.2. The Morgan fingerprint density at radius 3 is 2.00 bits per heavy atom. The van der Waals surface area contributed by atoms with Crippen LogP contribution in [0.1, 0.15) is 18.1 Å². The summed E-state index contributed by atoms with van der Waals surface area (Å²) in [7, 11) is -3.67. The molecule has 0 amide bonds. The number of ether oxygens (including phenoxy) is 1. The molecular weight excluding hydrogens is 313 g/mol. The molecule has 0 fully saturated rings. The summed E-state index contributed by atoms with van der Waals surface area (Å²) in [5.74, 6) is -0.396. The van der Waals surface area contributed by atoms with E-state index in [0.717, 1.165) is 12.1 Å².